The summed E-state index contributed by atoms with van der Waals surface area (Å²) in [6.45, 7) is 1.07. The molecule has 20 heavy (non-hydrogen) atoms. The van der Waals surface area contributed by atoms with Crippen LogP contribution in [0.4, 0.5) is 5.69 Å². The smallest absolute Gasteiger partial charge is 0.161 e. The average Bonchev–Trinajstić information content (AvgIpc) is 2.48. The number of anilines is 1. The minimum atomic E-state index is -0.802. The van der Waals surface area contributed by atoms with Crippen molar-refractivity contribution in [3.05, 3.63) is 52.0 Å². The molecule has 1 heterocycles. The van der Waals surface area contributed by atoms with Gasteiger partial charge in [-0.05, 0) is 35.9 Å². The van der Waals surface area contributed by atoms with Gasteiger partial charge in [-0.2, -0.15) is 0 Å². The summed E-state index contributed by atoms with van der Waals surface area (Å²) in [5, 5.41) is 10.5. The quantitative estimate of drug-likeness (QED) is 0.828. The summed E-state index contributed by atoms with van der Waals surface area (Å²) in [5.74, 6) is 1.36. The Morgan fingerprint density at radius 1 is 1.05 bits per heavy atom. The largest absolute Gasteiger partial charge is 0.486 e. The fourth-order valence-corrected chi connectivity index (χ4v) is 2.57. The predicted octanol–water partition coefficient (Wildman–Crippen LogP) is 2.88. The SMILES string of the molecule is Nc1ccc(Br)cc1C(O)c1ccc2c(c1)OCCO2. The van der Waals surface area contributed by atoms with Crippen LogP contribution in [0.15, 0.2) is 40.9 Å². The zero-order valence-corrected chi connectivity index (χ0v) is 12.3. The first-order chi connectivity index (χ1) is 9.65. The highest BCUT2D eigenvalue weighted by atomic mass is 79.9. The van der Waals surface area contributed by atoms with Gasteiger partial charge >= 0.3 is 0 Å². The molecule has 0 saturated heterocycles. The third kappa shape index (κ3) is 2.46. The van der Waals surface area contributed by atoms with Gasteiger partial charge in [-0.3, -0.25) is 0 Å². The van der Waals surface area contributed by atoms with E-state index in [9.17, 15) is 5.11 Å². The van der Waals surface area contributed by atoms with Crippen molar-refractivity contribution in [3.63, 3.8) is 0 Å². The molecule has 0 amide bonds. The number of halogens is 1. The van der Waals surface area contributed by atoms with Crippen molar-refractivity contribution in [2.24, 2.45) is 0 Å². The summed E-state index contributed by atoms with van der Waals surface area (Å²) >= 11 is 3.39. The number of nitrogens with two attached hydrogens (primary N) is 1. The Morgan fingerprint density at radius 2 is 1.80 bits per heavy atom. The number of benzene rings is 2. The van der Waals surface area contributed by atoms with E-state index < -0.39 is 6.10 Å². The molecule has 0 radical (unpaired) electrons. The Kier molecular flexibility index (Phi) is 3.54. The van der Waals surface area contributed by atoms with Crippen molar-refractivity contribution in [1.29, 1.82) is 0 Å². The molecule has 104 valence electrons. The predicted molar refractivity (Wildman–Crippen MR) is 80.0 cm³/mol. The first kappa shape index (κ1) is 13.3. The molecule has 0 bridgehead atoms. The second-order valence-corrected chi connectivity index (χ2v) is 5.49. The van der Waals surface area contributed by atoms with Crippen molar-refractivity contribution in [3.8, 4) is 11.5 Å². The minimum absolute atomic E-state index is 0.519. The molecule has 1 aliphatic rings. The van der Waals surface area contributed by atoms with Gasteiger partial charge in [0.25, 0.3) is 0 Å². The Morgan fingerprint density at radius 3 is 2.60 bits per heavy atom. The van der Waals surface area contributed by atoms with Crippen LogP contribution in [0.2, 0.25) is 0 Å². The van der Waals surface area contributed by atoms with Crippen LogP contribution in [-0.2, 0) is 0 Å². The molecule has 3 rings (SSSR count). The minimum Gasteiger partial charge on any atom is -0.486 e. The van der Waals surface area contributed by atoms with Gasteiger partial charge in [0, 0.05) is 15.7 Å². The van der Waals surface area contributed by atoms with E-state index >= 15 is 0 Å². The topological polar surface area (TPSA) is 64.7 Å². The highest BCUT2D eigenvalue weighted by Gasteiger charge is 2.18. The molecule has 0 spiro atoms. The number of rotatable bonds is 2. The Balaban J connectivity index is 1.97. The number of fused-ring (bicyclic) bond motifs is 1. The van der Waals surface area contributed by atoms with E-state index in [1.54, 1.807) is 18.2 Å². The van der Waals surface area contributed by atoms with Crippen molar-refractivity contribution in [2.45, 2.75) is 6.10 Å². The standard InChI is InChI=1S/C15H14BrNO3/c16-10-2-3-12(17)11(8-10)15(18)9-1-4-13-14(7-9)20-6-5-19-13/h1-4,7-8,15,18H,5-6,17H2. The van der Waals surface area contributed by atoms with Crippen LogP contribution in [0.25, 0.3) is 0 Å². The third-order valence-corrected chi connectivity index (χ3v) is 3.72. The average molecular weight is 336 g/mol. The summed E-state index contributed by atoms with van der Waals surface area (Å²) in [6.07, 6.45) is -0.802. The highest BCUT2D eigenvalue weighted by molar-refractivity contribution is 9.10. The van der Waals surface area contributed by atoms with Gasteiger partial charge in [0.1, 0.15) is 19.3 Å². The van der Waals surface area contributed by atoms with Crippen molar-refractivity contribution in [1.82, 2.24) is 0 Å². The molecule has 0 aliphatic carbocycles. The summed E-state index contributed by atoms with van der Waals surface area (Å²) in [6, 6.07) is 10.8. The summed E-state index contributed by atoms with van der Waals surface area (Å²) in [4.78, 5) is 0. The van der Waals surface area contributed by atoms with E-state index in [0.29, 0.717) is 36.0 Å². The highest BCUT2D eigenvalue weighted by Crippen LogP contribution is 2.36. The van der Waals surface area contributed by atoms with Crippen LogP contribution in [-0.4, -0.2) is 18.3 Å². The lowest BCUT2D eigenvalue weighted by Gasteiger charge is -2.21. The van der Waals surface area contributed by atoms with E-state index in [1.807, 2.05) is 18.2 Å². The van der Waals surface area contributed by atoms with E-state index in [1.165, 1.54) is 0 Å². The molecular weight excluding hydrogens is 322 g/mol. The maximum absolute atomic E-state index is 10.5. The van der Waals surface area contributed by atoms with Gasteiger partial charge in [0.2, 0.25) is 0 Å². The van der Waals surface area contributed by atoms with Crippen LogP contribution in [0.3, 0.4) is 0 Å². The fourth-order valence-electron chi connectivity index (χ4n) is 2.19. The molecule has 5 heteroatoms. The second kappa shape index (κ2) is 5.34. The van der Waals surface area contributed by atoms with E-state index in [2.05, 4.69) is 15.9 Å². The maximum atomic E-state index is 10.5. The lowest BCUT2D eigenvalue weighted by Crippen LogP contribution is -2.15. The number of hydrogen-bond acceptors (Lipinski definition) is 4. The first-order valence-electron chi connectivity index (χ1n) is 6.27. The molecule has 1 atom stereocenters. The fraction of sp³-hybridized carbons (Fsp3) is 0.200. The van der Waals surface area contributed by atoms with Gasteiger partial charge in [0.05, 0.1) is 0 Å². The van der Waals surface area contributed by atoms with Crippen LogP contribution in [0, 0.1) is 0 Å². The van der Waals surface area contributed by atoms with Crippen LogP contribution in [0.1, 0.15) is 17.2 Å². The molecule has 0 aromatic heterocycles. The van der Waals surface area contributed by atoms with Crippen LogP contribution >= 0.6 is 15.9 Å². The molecular formula is C15H14BrNO3. The van der Waals surface area contributed by atoms with E-state index in [-0.39, 0.29) is 0 Å². The number of aliphatic hydroxyl groups excluding tert-OH is 1. The van der Waals surface area contributed by atoms with Gasteiger partial charge in [-0.25, -0.2) is 0 Å². The number of hydrogen-bond donors (Lipinski definition) is 2. The summed E-state index contributed by atoms with van der Waals surface area (Å²) in [5.41, 5.74) is 7.86. The molecule has 1 aliphatic heterocycles. The van der Waals surface area contributed by atoms with Crippen molar-refractivity contribution < 1.29 is 14.6 Å². The number of nitrogen functional groups attached to an aromatic ring is 1. The number of ether oxygens (including phenoxy) is 2. The monoisotopic (exact) mass is 335 g/mol. The van der Waals surface area contributed by atoms with Crippen molar-refractivity contribution >= 4 is 21.6 Å². The lowest BCUT2D eigenvalue weighted by atomic mass is 9.99. The third-order valence-electron chi connectivity index (χ3n) is 3.23. The molecule has 1 unspecified atom stereocenters. The Bertz CT molecular complexity index is 645. The zero-order chi connectivity index (χ0) is 14.1. The summed E-state index contributed by atoms with van der Waals surface area (Å²) < 4.78 is 11.9. The lowest BCUT2D eigenvalue weighted by molar-refractivity contribution is 0.169. The van der Waals surface area contributed by atoms with Crippen LogP contribution < -0.4 is 15.2 Å². The van der Waals surface area contributed by atoms with Gasteiger partial charge in [0.15, 0.2) is 11.5 Å². The van der Waals surface area contributed by atoms with Gasteiger partial charge in [-0.1, -0.05) is 22.0 Å². The maximum Gasteiger partial charge on any atom is 0.161 e. The molecule has 0 fully saturated rings. The zero-order valence-electron chi connectivity index (χ0n) is 10.7. The summed E-state index contributed by atoms with van der Waals surface area (Å²) in [7, 11) is 0. The Labute approximate surface area is 125 Å². The van der Waals surface area contributed by atoms with E-state index in [0.717, 1.165) is 10.0 Å². The molecule has 4 nitrogen and oxygen atoms in total. The molecule has 0 saturated carbocycles. The normalized spacial score (nSPS) is 14.9. The van der Waals surface area contributed by atoms with Crippen molar-refractivity contribution in [2.75, 3.05) is 18.9 Å². The second-order valence-electron chi connectivity index (χ2n) is 4.58. The molecule has 3 N–H and O–H groups in total. The number of aliphatic hydroxyl groups is 1. The van der Waals surface area contributed by atoms with Gasteiger partial charge in [-0.15, -0.1) is 0 Å². The Hall–Kier alpha value is -1.72. The first-order valence-corrected chi connectivity index (χ1v) is 7.07. The molecule has 2 aromatic carbocycles. The van der Waals surface area contributed by atoms with Crippen LogP contribution in [0.5, 0.6) is 11.5 Å². The van der Waals surface area contributed by atoms with E-state index in [4.69, 9.17) is 15.2 Å². The van der Waals surface area contributed by atoms with Gasteiger partial charge < -0.3 is 20.3 Å². The molecule has 2 aromatic rings.